The van der Waals surface area contributed by atoms with Crippen LogP contribution in [-0.4, -0.2) is 5.97 Å². The summed E-state index contributed by atoms with van der Waals surface area (Å²) in [6, 6.07) is 18.8. The van der Waals surface area contributed by atoms with E-state index >= 15 is 0 Å². The van der Waals surface area contributed by atoms with Gasteiger partial charge in [0.15, 0.2) is 5.75 Å². The first-order valence-corrected chi connectivity index (χ1v) is 14.0. The molecule has 204 valence electrons. The molecule has 0 aliphatic rings. The predicted molar refractivity (Wildman–Crippen MR) is 148 cm³/mol. The SMILES string of the molecule is CC(=O)OOc1ccc(SCc2cc(-c3ccc(C(F)(F)F)cc3)oc2CSc2cc(C)cc(C)c2)cc1C. The molecule has 1 heterocycles. The van der Waals surface area contributed by atoms with Crippen LogP contribution >= 0.6 is 23.5 Å². The molecule has 0 aliphatic carbocycles. The van der Waals surface area contributed by atoms with Crippen molar-refractivity contribution in [1.29, 1.82) is 0 Å². The highest BCUT2D eigenvalue weighted by Gasteiger charge is 2.30. The third-order valence-electron chi connectivity index (χ3n) is 5.75. The summed E-state index contributed by atoms with van der Waals surface area (Å²) in [6.45, 7) is 7.23. The first-order valence-electron chi connectivity index (χ1n) is 12.1. The van der Waals surface area contributed by atoms with Gasteiger partial charge in [-0.05, 0) is 86.0 Å². The van der Waals surface area contributed by atoms with Crippen LogP contribution in [0.2, 0.25) is 0 Å². The van der Waals surface area contributed by atoms with Crippen molar-refractivity contribution in [2.75, 3.05) is 0 Å². The Bertz CT molecular complexity index is 1440. The summed E-state index contributed by atoms with van der Waals surface area (Å²) in [5, 5.41) is 0. The van der Waals surface area contributed by atoms with Crippen molar-refractivity contribution < 1.29 is 32.2 Å². The second kappa shape index (κ2) is 12.3. The molecule has 0 N–H and O–H groups in total. The highest BCUT2D eigenvalue weighted by molar-refractivity contribution is 7.99. The molecule has 0 radical (unpaired) electrons. The number of benzene rings is 3. The minimum absolute atomic E-state index is 0.452. The van der Waals surface area contributed by atoms with Crippen LogP contribution in [0.5, 0.6) is 5.75 Å². The van der Waals surface area contributed by atoms with Crippen LogP contribution in [0.15, 0.2) is 80.9 Å². The lowest BCUT2D eigenvalue weighted by Crippen LogP contribution is -2.03. The third-order valence-corrected chi connectivity index (χ3v) is 7.77. The van der Waals surface area contributed by atoms with Crippen LogP contribution in [0.4, 0.5) is 13.2 Å². The highest BCUT2D eigenvalue weighted by atomic mass is 32.2. The van der Waals surface area contributed by atoms with E-state index in [1.165, 1.54) is 30.2 Å². The summed E-state index contributed by atoms with van der Waals surface area (Å²) in [5.74, 6) is 2.38. The zero-order chi connectivity index (χ0) is 28.2. The molecule has 0 saturated carbocycles. The molecule has 4 rings (SSSR count). The van der Waals surface area contributed by atoms with Gasteiger partial charge in [0.05, 0.1) is 11.3 Å². The lowest BCUT2D eigenvalue weighted by molar-refractivity contribution is -0.211. The van der Waals surface area contributed by atoms with Gasteiger partial charge >= 0.3 is 12.1 Å². The molecule has 0 fully saturated rings. The number of halogens is 3. The van der Waals surface area contributed by atoms with Gasteiger partial charge in [-0.15, -0.1) is 23.5 Å². The number of aryl methyl sites for hydroxylation is 3. The van der Waals surface area contributed by atoms with E-state index < -0.39 is 17.7 Å². The summed E-state index contributed by atoms with van der Waals surface area (Å²) in [4.78, 5) is 22.8. The number of alkyl halides is 3. The summed E-state index contributed by atoms with van der Waals surface area (Å²) in [5.41, 5.74) is 4.01. The molecule has 3 aromatic carbocycles. The quantitative estimate of drug-likeness (QED) is 0.113. The summed E-state index contributed by atoms with van der Waals surface area (Å²) in [7, 11) is 0. The molecular formula is C30H27F3O4S2. The van der Waals surface area contributed by atoms with Crippen molar-refractivity contribution in [2.24, 2.45) is 0 Å². The van der Waals surface area contributed by atoms with E-state index in [0.29, 0.717) is 28.6 Å². The Morgan fingerprint density at radius 2 is 1.51 bits per heavy atom. The Labute approximate surface area is 233 Å². The largest absolute Gasteiger partial charge is 0.460 e. The number of furan rings is 1. The Morgan fingerprint density at radius 1 is 0.846 bits per heavy atom. The van der Waals surface area contributed by atoms with Crippen LogP contribution in [0.1, 0.15) is 40.5 Å². The van der Waals surface area contributed by atoms with Gasteiger partial charge in [0.2, 0.25) is 0 Å². The van der Waals surface area contributed by atoms with Gasteiger partial charge in [-0.2, -0.15) is 13.2 Å². The zero-order valence-electron chi connectivity index (χ0n) is 21.8. The third kappa shape index (κ3) is 7.86. The maximum Gasteiger partial charge on any atom is 0.416 e. The van der Waals surface area contributed by atoms with Crippen LogP contribution in [-0.2, 0) is 27.4 Å². The molecule has 0 aliphatic heterocycles. The van der Waals surface area contributed by atoms with Gasteiger partial charge in [-0.25, -0.2) is 4.79 Å². The Hall–Kier alpha value is -3.30. The monoisotopic (exact) mass is 572 g/mol. The molecule has 0 atom stereocenters. The number of carbonyl (C=O) groups excluding carboxylic acids is 1. The van der Waals surface area contributed by atoms with Crippen LogP contribution in [0.25, 0.3) is 11.3 Å². The first kappa shape index (κ1) is 28.7. The lowest BCUT2D eigenvalue weighted by atomic mass is 10.1. The van der Waals surface area contributed by atoms with E-state index in [9.17, 15) is 18.0 Å². The molecule has 0 saturated heterocycles. The lowest BCUT2D eigenvalue weighted by Gasteiger charge is -2.08. The smallest absolute Gasteiger partial charge is 0.416 e. The molecule has 0 spiro atoms. The Morgan fingerprint density at radius 3 is 2.13 bits per heavy atom. The van der Waals surface area contributed by atoms with Gasteiger partial charge in [-0.1, -0.05) is 18.2 Å². The number of hydrogen-bond donors (Lipinski definition) is 0. The van der Waals surface area contributed by atoms with Crippen molar-refractivity contribution in [3.8, 4) is 17.1 Å². The van der Waals surface area contributed by atoms with E-state index in [-0.39, 0.29) is 0 Å². The fraction of sp³-hybridized carbons (Fsp3) is 0.233. The first-order chi connectivity index (χ1) is 18.5. The molecule has 4 aromatic rings. The van der Waals surface area contributed by atoms with Gasteiger partial charge in [0.1, 0.15) is 11.5 Å². The second-order valence-corrected chi connectivity index (χ2v) is 11.2. The fourth-order valence-electron chi connectivity index (χ4n) is 3.91. The topological polar surface area (TPSA) is 48.7 Å². The molecule has 39 heavy (non-hydrogen) atoms. The summed E-state index contributed by atoms with van der Waals surface area (Å²) in [6.07, 6.45) is -4.39. The van der Waals surface area contributed by atoms with Gasteiger partial charge in [0, 0.05) is 33.6 Å². The number of carbonyl (C=O) groups is 1. The number of hydrogen-bond acceptors (Lipinski definition) is 6. The molecule has 0 unspecified atom stereocenters. The zero-order valence-corrected chi connectivity index (χ0v) is 23.5. The van der Waals surface area contributed by atoms with Crippen LogP contribution in [0, 0.1) is 20.8 Å². The van der Waals surface area contributed by atoms with Crippen molar-refractivity contribution in [3.05, 3.63) is 100 Å². The molecule has 9 heteroatoms. The minimum atomic E-state index is -4.39. The molecule has 0 amide bonds. The molecular weight excluding hydrogens is 545 g/mol. The van der Waals surface area contributed by atoms with E-state index in [1.54, 1.807) is 29.6 Å². The summed E-state index contributed by atoms with van der Waals surface area (Å²) >= 11 is 3.25. The van der Waals surface area contributed by atoms with Gasteiger partial charge < -0.3 is 4.42 Å². The van der Waals surface area contributed by atoms with E-state index in [2.05, 4.69) is 36.9 Å². The predicted octanol–water partition coefficient (Wildman–Crippen LogP) is 9.33. The second-order valence-electron chi connectivity index (χ2n) is 9.12. The fourth-order valence-corrected chi connectivity index (χ4v) is 5.98. The molecule has 1 aromatic heterocycles. The van der Waals surface area contributed by atoms with Gasteiger partial charge in [0.25, 0.3) is 0 Å². The standard InChI is InChI=1S/C30H27F3O4S2/c1-18-11-19(2)13-26(12-18)39-17-29-23(15-28(35-29)22-5-7-24(8-6-22)30(31,32)33)16-38-25-9-10-27(20(3)14-25)37-36-21(4)34/h5-15H,16-17H2,1-4H3. The number of thioether (sulfide) groups is 2. The van der Waals surface area contributed by atoms with E-state index in [4.69, 9.17) is 9.30 Å². The van der Waals surface area contributed by atoms with E-state index in [1.807, 2.05) is 25.1 Å². The van der Waals surface area contributed by atoms with Crippen LogP contribution < -0.4 is 4.89 Å². The van der Waals surface area contributed by atoms with Crippen molar-refractivity contribution >= 4 is 29.5 Å². The Kier molecular flexibility index (Phi) is 9.02. The Balaban J connectivity index is 1.56. The van der Waals surface area contributed by atoms with Crippen molar-refractivity contribution in [3.63, 3.8) is 0 Å². The molecule has 0 bridgehead atoms. The molecule has 4 nitrogen and oxygen atoms in total. The highest BCUT2D eigenvalue weighted by Crippen LogP contribution is 2.37. The van der Waals surface area contributed by atoms with Gasteiger partial charge in [-0.3, -0.25) is 9.78 Å². The maximum absolute atomic E-state index is 13.0. The van der Waals surface area contributed by atoms with Crippen molar-refractivity contribution in [1.82, 2.24) is 0 Å². The summed E-state index contributed by atoms with van der Waals surface area (Å²) < 4.78 is 45.3. The van der Waals surface area contributed by atoms with Crippen LogP contribution in [0.3, 0.4) is 0 Å². The minimum Gasteiger partial charge on any atom is -0.460 e. The normalized spacial score (nSPS) is 11.5. The average molecular weight is 573 g/mol. The van der Waals surface area contributed by atoms with Crippen molar-refractivity contribution in [2.45, 2.75) is 55.2 Å². The van der Waals surface area contributed by atoms with E-state index in [0.717, 1.165) is 38.8 Å². The maximum atomic E-state index is 13.0. The average Bonchev–Trinajstić information content (AvgIpc) is 3.27. The number of rotatable bonds is 9.